The van der Waals surface area contributed by atoms with Gasteiger partial charge in [-0.05, 0) is 38.0 Å². The van der Waals surface area contributed by atoms with E-state index in [1.54, 1.807) is 0 Å². The molecule has 16 heavy (non-hydrogen) atoms. The second kappa shape index (κ2) is 6.41. The lowest BCUT2D eigenvalue weighted by molar-refractivity contribution is 0.130. The number of nitrogens with one attached hydrogen (secondary N) is 1. The summed E-state index contributed by atoms with van der Waals surface area (Å²) in [5.41, 5.74) is 0.0430. The van der Waals surface area contributed by atoms with E-state index >= 15 is 0 Å². The molecule has 1 rings (SSSR count). The second-order valence-corrected chi connectivity index (χ2v) is 5.51. The summed E-state index contributed by atoms with van der Waals surface area (Å²) < 4.78 is 0. The van der Waals surface area contributed by atoms with Gasteiger partial charge in [-0.3, -0.25) is 0 Å². The van der Waals surface area contributed by atoms with Crippen molar-refractivity contribution in [2.24, 2.45) is 11.3 Å². The molecule has 0 bridgehead atoms. The van der Waals surface area contributed by atoms with Crippen LogP contribution in [0.4, 0.5) is 0 Å². The average Bonchev–Trinajstić information content (AvgIpc) is 3.13. The van der Waals surface area contributed by atoms with Crippen LogP contribution in [0.5, 0.6) is 0 Å². The maximum absolute atomic E-state index is 9.37. The minimum atomic E-state index is 0.0430. The summed E-state index contributed by atoms with van der Waals surface area (Å²) in [7, 11) is 0. The van der Waals surface area contributed by atoms with Gasteiger partial charge in [0.15, 0.2) is 0 Å². The van der Waals surface area contributed by atoms with Crippen molar-refractivity contribution in [2.75, 3.05) is 13.2 Å². The molecule has 2 nitrogen and oxygen atoms in total. The van der Waals surface area contributed by atoms with Gasteiger partial charge < -0.3 is 10.4 Å². The van der Waals surface area contributed by atoms with Crippen LogP contribution in [-0.2, 0) is 0 Å². The van der Waals surface area contributed by atoms with Gasteiger partial charge in [0.25, 0.3) is 0 Å². The lowest BCUT2D eigenvalue weighted by Gasteiger charge is -2.29. The van der Waals surface area contributed by atoms with Crippen LogP contribution >= 0.6 is 0 Å². The summed E-state index contributed by atoms with van der Waals surface area (Å²) >= 11 is 0. The minimum Gasteiger partial charge on any atom is -0.396 e. The normalized spacial score (nSPS) is 21.4. The Bertz CT molecular complexity index is 207. The first-order valence-electron chi connectivity index (χ1n) is 6.60. The first-order valence-corrected chi connectivity index (χ1v) is 6.60. The average molecular weight is 225 g/mol. The van der Waals surface area contributed by atoms with E-state index in [-0.39, 0.29) is 12.0 Å². The molecule has 94 valence electrons. The third kappa shape index (κ3) is 4.26. The Morgan fingerprint density at radius 1 is 1.56 bits per heavy atom. The Morgan fingerprint density at radius 3 is 2.69 bits per heavy atom. The lowest BCUT2D eigenvalue weighted by atomic mass is 9.88. The highest BCUT2D eigenvalue weighted by Gasteiger charge is 2.32. The maximum atomic E-state index is 9.37. The Morgan fingerprint density at radius 2 is 2.25 bits per heavy atom. The summed E-state index contributed by atoms with van der Waals surface area (Å²) in [5, 5.41) is 13.0. The molecule has 2 N–H and O–H groups in total. The fourth-order valence-electron chi connectivity index (χ4n) is 1.97. The highest BCUT2D eigenvalue weighted by Crippen LogP contribution is 2.35. The van der Waals surface area contributed by atoms with Gasteiger partial charge in [0.1, 0.15) is 0 Å². The number of aliphatic hydroxyl groups excluding tert-OH is 1. The third-order valence-corrected chi connectivity index (χ3v) is 3.90. The summed E-state index contributed by atoms with van der Waals surface area (Å²) in [4.78, 5) is 0. The highest BCUT2D eigenvalue weighted by atomic mass is 16.3. The van der Waals surface area contributed by atoms with Gasteiger partial charge >= 0.3 is 0 Å². The fourth-order valence-corrected chi connectivity index (χ4v) is 1.97. The zero-order valence-electron chi connectivity index (χ0n) is 10.8. The Kier molecular flexibility index (Phi) is 5.50. The molecule has 0 aromatic carbocycles. The molecule has 0 aromatic rings. The van der Waals surface area contributed by atoms with Gasteiger partial charge in [0.05, 0.1) is 0 Å². The summed E-state index contributed by atoms with van der Waals surface area (Å²) in [6.07, 6.45) is 8.06. The first-order chi connectivity index (χ1) is 7.65. The molecular formula is C14H27NO. The van der Waals surface area contributed by atoms with Crippen LogP contribution in [0, 0.1) is 11.3 Å². The molecule has 2 heteroatoms. The SMILES string of the molecule is C=CCCC(NCC(C)(CC)CO)C1CC1. The Balaban J connectivity index is 2.33. The molecule has 1 saturated carbocycles. The molecule has 0 heterocycles. The van der Waals surface area contributed by atoms with E-state index < -0.39 is 0 Å². The number of aliphatic hydroxyl groups is 1. The largest absolute Gasteiger partial charge is 0.396 e. The van der Waals surface area contributed by atoms with Crippen molar-refractivity contribution in [3.63, 3.8) is 0 Å². The smallest absolute Gasteiger partial charge is 0.0496 e. The molecular weight excluding hydrogens is 198 g/mol. The van der Waals surface area contributed by atoms with Crippen LogP contribution in [0.1, 0.15) is 46.0 Å². The quantitative estimate of drug-likeness (QED) is 0.591. The molecule has 1 fully saturated rings. The number of allylic oxidation sites excluding steroid dienone is 1. The van der Waals surface area contributed by atoms with Crippen molar-refractivity contribution in [1.29, 1.82) is 0 Å². The predicted octanol–water partition coefficient (Wildman–Crippen LogP) is 2.73. The van der Waals surface area contributed by atoms with Crippen molar-refractivity contribution in [3.8, 4) is 0 Å². The van der Waals surface area contributed by atoms with Crippen LogP contribution < -0.4 is 5.32 Å². The topological polar surface area (TPSA) is 32.3 Å². The number of hydrogen-bond acceptors (Lipinski definition) is 2. The van der Waals surface area contributed by atoms with Crippen molar-refractivity contribution in [3.05, 3.63) is 12.7 Å². The minimum absolute atomic E-state index is 0.0430. The van der Waals surface area contributed by atoms with Crippen molar-refractivity contribution in [1.82, 2.24) is 5.32 Å². The Labute approximate surface area is 100 Å². The third-order valence-electron chi connectivity index (χ3n) is 3.90. The molecule has 2 atom stereocenters. The van der Waals surface area contributed by atoms with Crippen LogP contribution in [0.25, 0.3) is 0 Å². The molecule has 0 spiro atoms. The standard InChI is InChI=1S/C14H27NO/c1-4-6-7-13(12-8-9-12)15-10-14(3,5-2)11-16/h4,12-13,15-16H,1,5-11H2,2-3H3. The van der Waals surface area contributed by atoms with Gasteiger partial charge in [0.2, 0.25) is 0 Å². The van der Waals surface area contributed by atoms with Crippen LogP contribution in [0.15, 0.2) is 12.7 Å². The van der Waals surface area contributed by atoms with E-state index in [1.165, 1.54) is 19.3 Å². The van der Waals surface area contributed by atoms with Crippen molar-refractivity contribution >= 4 is 0 Å². The van der Waals surface area contributed by atoms with Crippen LogP contribution in [0.2, 0.25) is 0 Å². The van der Waals surface area contributed by atoms with E-state index in [9.17, 15) is 5.11 Å². The summed E-state index contributed by atoms with van der Waals surface area (Å²) in [6.45, 7) is 9.28. The monoisotopic (exact) mass is 225 g/mol. The number of hydrogen-bond donors (Lipinski definition) is 2. The van der Waals surface area contributed by atoms with Gasteiger partial charge in [-0.25, -0.2) is 0 Å². The summed E-state index contributed by atoms with van der Waals surface area (Å²) in [5.74, 6) is 0.875. The maximum Gasteiger partial charge on any atom is 0.0496 e. The van der Waals surface area contributed by atoms with Gasteiger partial charge in [-0.2, -0.15) is 0 Å². The zero-order valence-corrected chi connectivity index (χ0v) is 10.8. The van der Waals surface area contributed by atoms with Crippen LogP contribution in [0.3, 0.4) is 0 Å². The molecule has 0 saturated heterocycles. The lowest BCUT2D eigenvalue weighted by Crippen LogP contribution is -2.41. The molecule has 0 radical (unpaired) electrons. The molecule has 1 aliphatic carbocycles. The van der Waals surface area contributed by atoms with E-state index in [0.717, 1.165) is 25.3 Å². The van der Waals surface area contributed by atoms with Gasteiger partial charge in [0, 0.05) is 24.6 Å². The van der Waals surface area contributed by atoms with E-state index in [4.69, 9.17) is 0 Å². The summed E-state index contributed by atoms with van der Waals surface area (Å²) in [6, 6.07) is 0.635. The second-order valence-electron chi connectivity index (χ2n) is 5.51. The van der Waals surface area contributed by atoms with E-state index in [1.807, 2.05) is 6.08 Å². The van der Waals surface area contributed by atoms with Crippen molar-refractivity contribution in [2.45, 2.75) is 52.0 Å². The zero-order chi connectivity index (χ0) is 12.0. The molecule has 1 aliphatic rings. The molecule has 2 unspecified atom stereocenters. The van der Waals surface area contributed by atoms with E-state index in [0.29, 0.717) is 6.04 Å². The van der Waals surface area contributed by atoms with Crippen LogP contribution in [-0.4, -0.2) is 24.3 Å². The molecule has 0 aliphatic heterocycles. The number of rotatable bonds is 9. The predicted molar refractivity (Wildman–Crippen MR) is 69.4 cm³/mol. The highest BCUT2D eigenvalue weighted by molar-refractivity contribution is 4.89. The fraction of sp³-hybridized carbons (Fsp3) is 0.857. The van der Waals surface area contributed by atoms with Crippen molar-refractivity contribution < 1.29 is 5.11 Å². The Hall–Kier alpha value is -0.340. The van der Waals surface area contributed by atoms with E-state index in [2.05, 4.69) is 25.7 Å². The first kappa shape index (κ1) is 13.7. The molecule has 0 amide bonds. The van der Waals surface area contributed by atoms with Gasteiger partial charge in [-0.1, -0.05) is 19.9 Å². The molecule has 0 aromatic heterocycles. The van der Waals surface area contributed by atoms with Gasteiger partial charge in [-0.15, -0.1) is 6.58 Å².